The van der Waals surface area contributed by atoms with Crippen molar-refractivity contribution >= 4 is 23.4 Å². The molecule has 0 aromatic heterocycles. The molecule has 0 radical (unpaired) electrons. The third kappa shape index (κ3) is 5.83. The maximum absolute atomic E-state index is 13.6. The number of aryl methyl sites for hydroxylation is 1. The Morgan fingerprint density at radius 2 is 1.54 bits per heavy atom. The minimum atomic E-state index is -1.10. The number of nitrogens with one attached hydrogen (secondary N) is 2. The maximum Gasteiger partial charge on any atom is 0.408 e. The number of hydrogen-bond acceptors (Lipinski definition) is 4. The lowest BCUT2D eigenvalue weighted by Gasteiger charge is -2.37. The second-order valence-electron chi connectivity index (χ2n) is 8.89. The molecule has 0 bridgehead atoms. The van der Waals surface area contributed by atoms with Crippen molar-refractivity contribution in [3.63, 3.8) is 0 Å². The lowest BCUT2D eigenvalue weighted by Crippen LogP contribution is -2.60. The van der Waals surface area contributed by atoms with Gasteiger partial charge < -0.3 is 20.3 Å². The number of hydrogen-bond donors (Lipinski definition) is 2. The standard InChI is InChI=1S/C29H33N3O3/c1-3-32(4-2)26-16-14-25(15-17-26)30-27(33)29(19-18-23-12-8-9-13-24(23)20-29)31-28(34)35-21-22-10-6-5-7-11-22/h5-17H,3-4,18-21H2,1-2H3,(H,30,33)(H,31,34). The summed E-state index contributed by atoms with van der Waals surface area (Å²) in [5, 5.41) is 5.97. The molecule has 6 nitrogen and oxygen atoms in total. The second-order valence-corrected chi connectivity index (χ2v) is 8.89. The fourth-order valence-electron chi connectivity index (χ4n) is 4.64. The topological polar surface area (TPSA) is 70.7 Å². The monoisotopic (exact) mass is 471 g/mol. The Hall–Kier alpha value is -3.80. The molecule has 0 heterocycles. The average molecular weight is 472 g/mol. The molecule has 2 amide bonds. The molecule has 182 valence electrons. The first-order valence-corrected chi connectivity index (χ1v) is 12.2. The number of anilines is 2. The quantitative estimate of drug-likeness (QED) is 0.466. The van der Waals surface area contributed by atoms with Gasteiger partial charge in [-0.1, -0.05) is 54.6 Å². The minimum absolute atomic E-state index is 0.147. The summed E-state index contributed by atoms with van der Waals surface area (Å²) in [6.07, 6.45) is 1.00. The molecule has 0 spiro atoms. The Morgan fingerprint density at radius 3 is 2.23 bits per heavy atom. The molecule has 1 aliphatic carbocycles. The van der Waals surface area contributed by atoms with Crippen molar-refractivity contribution in [3.05, 3.63) is 95.6 Å². The lowest BCUT2D eigenvalue weighted by atomic mass is 9.77. The van der Waals surface area contributed by atoms with Crippen molar-refractivity contribution in [2.75, 3.05) is 23.3 Å². The van der Waals surface area contributed by atoms with Crippen molar-refractivity contribution < 1.29 is 14.3 Å². The highest BCUT2D eigenvalue weighted by atomic mass is 16.5. The van der Waals surface area contributed by atoms with Crippen LogP contribution in [0.5, 0.6) is 0 Å². The largest absolute Gasteiger partial charge is 0.445 e. The Morgan fingerprint density at radius 1 is 0.886 bits per heavy atom. The number of alkyl carbamates (subject to hydrolysis) is 1. The van der Waals surface area contributed by atoms with E-state index >= 15 is 0 Å². The summed E-state index contributed by atoms with van der Waals surface area (Å²) in [6, 6.07) is 25.4. The molecule has 0 fully saturated rings. The Labute approximate surface area is 207 Å². The van der Waals surface area contributed by atoms with Crippen LogP contribution in [-0.4, -0.2) is 30.6 Å². The van der Waals surface area contributed by atoms with Crippen LogP contribution in [0.1, 0.15) is 37.0 Å². The molecule has 4 rings (SSSR count). The smallest absolute Gasteiger partial charge is 0.408 e. The van der Waals surface area contributed by atoms with E-state index < -0.39 is 11.6 Å². The number of benzene rings is 3. The Kier molecular flexibility index (Phi) is 7.70. The fourth-order valence-corrected chi connectivity index (χ4v) is 4.64. The molecule has 3 aromatic rings. The molecule has 1 unspecified atom stereocenters. The highest BCUT2D eigenvalue weighted by Gasteiger charge is 2.43. The molecular weight excluding hydrogens is 438 g/mol. The van der Waals surface area contributed by atoms with Crippen molar-refractivity contribution in [2.24, 2.45) is 0 Å². The number of nitrogens with zero attached hydrogens (tertiary/aromatic N) is 1. The highest BCUT2D eigenvalue weighted by molar-refractivity contribution is 6.00. The number of carbonyl (C=O) groups excluding carboxylic acids is 2. The maximum atomic E-state index is 13.6. The van der Waals surface area contributed by atoms with Gasteiger partial charge in [0.05, 0.1) is 0 Å². The molecule has 3 aromatic carbocycles. The zero-order chi connectivity index (χ0) is 24.7. The Bertz CT molecular complexity index is 1140. The fraction of sp³-hybridized carbons (Fsp3) is 0.310. The number of amides is 2. The van der Waals surface area contributed by atoms with E-state index in [1.807, 2.05) is 72.8 Å². The van der Waals surface area contributed by atoms with E-state index in [1.54, 1.807) is 0 Å². The first-order valence-electron chi connectivity index (χ1n) is 12.2. The molecule has 6 heteroatoms. The zero-order valence-electron chi connectivity index (χ0n) is 20.4. The lowest BCUT2D eigenvalue weighted by molar-refractivity contribution is -0.122. The summed E-state index contributed by atoms with van der Waals surface area (Å²) in [4.78, 5) is 28.7. The van der Waals surface area contributed by atoms with E-state index in [0.29, 0.717) is 24.9 Å². The van der Waals surface area contributed by atoms with Crippen LogP contribution in [0.25, 0.3) is 0 Å². The predicted molar refractivity (Wildman–Crippen MR) is 140 cm³/mol. The molecule has 0 aliphatic heterocycles. The van der Waals surface area contributed by atoms with Crippen LogP contribution < -0.4 is 15.5 Å². The highest BCUT2D eigenvalue weighted by Crippen LogP contribution is 2.30. The SMILES string of the molecule is CCN(CC)c1ccc(NC(=O)C2(NC(=O)OCc3ccccc3)CCc3ccccc3C2)cc1. The van der Waals surface area contributed by atoms with E-state index in [4.69, 9.17) is 4.74 Å². The Balaban J connectivity index is 1.51. The van der Waals surface area contributed by atoms with Gasteiger partial charge in [0, 0.05) is 30.9 Å². The van der Waals surface area contributed by atoms with Crippen molar-refractivity contribution in [3.8, 4) is 0 Å². The van der Waals surface area contributed by atoms with Gasteiger partial charge >= 0.3 is 6.09 Å². The van der Waals surface area contributed by atoms with Crippen LogP contribution in [0, 0.1) is 0 Å². The van der Waals surface area contributed by atoms with E-state index in [-0.39, 0.29) is 12.5 Å². The van der Waals surface area contributed by atoms with Gasteiger partial charge in [-0.2, -0.15) is 0 Å². The summed E-state index contributed by atoms with van der Waals surface area (Å²) >= 11 is 0. The number of carbonyl (C=O) groups is 2. The molecule has 2 N–H and O–H groups in total. The van der Waals surface area contributed by atoms with Gasteiger partial charge in [0.2, 0.25) is 0 Å². The van der Waals surface area contributed by atoms with Crippen LogP contribution in [-0.2, 0) is 29.0 Å². The van der Waals surface area contributed by atoms with Crippen LogP contribution in [0.4, 0.5) is 16.2 Å². The summed E-state index contributed by atoms with van der Waals surface area (Å²) < 4.78 is 5.48. The van der Waals surface area contributed by atoms with Crippen molar-refractivity contribution in [1.29, 1.82) is 0 Å². The number of ether oxygens (including phenoxy) is 1. The average Bonchev–Trinajstić information content (AvgIpc) is 2.89. The van der Waals surface area contributed by atoms with Crippen LogP contribution in [0.15, 0.2) is 78.9 Å². The van der Waals surface area contributed by atoms with Crippen molar-refractivity contribution in [1.82, 2.24) is 5.32 Å². The molecule has 35 heavy (non-hydrogen) atoms. The van der Waals surface area contributed by atoms with Gasteiger partial charge in [0.25, 0.3) is 5.91 Å². The summed E-state index contributed by atoms with van der Waals surface area (Å²) in [5.41, 5.74) is 3.87. The molecule has 1 atom stereocenters. The molecule has 0 saturated heterocycles. The first kappa shape index (κ1) is 24.3. The molecular formula is C29H33N3O3. The van der Waals surface area contributed by atoms with E-state index in [1.165, 1.54) is 5.56 Å². The van der Waals surface area contributed by atoms with Crippen LogP contribution in [0.3, 0.4) is 0 Å². The normalized spacial score (nSPS) is 16.6. The van der Waals surface area contributed by atoms with Gasteiger partial charge in [0.1, 0.15) is 12.1 Å². The van der Waals surface area contributed by atoms with E-state index in [0.717, 1.165) is 29.9 Å². The third-order valence-electron chi connectivity index (χ3n) is 6.67. The first-order chi connectivity index (χ1) is 17.0. The summed E-state index contributed by atoms with van der Waals surface area (Å²) in [5.74, 6) is -0.237. The van der Waals surface area contributed by atoms with Crippen molar-refractivity contribution in [2.45, 2.75) is 45.3 Å². The molecule has 0 saturated carbocycles. The minimum Gasteiger partial charge on any atom is -0.445 e. The summed E-state index contributed by atoms with van der Waals surface area (Å²) in [6.45, 7) is 6.21. The van der Waals surface area contributed by atoms with Gasteiger partial charge in [-0.25, -0.2) is 4.79 Å². The number of fused-ring (bicyclic) bond motifs is 1. The van der Waals surface area contributed by atoms with Crippen LogP contribution in [0.2, 0.25) is 0 Å². The predicted octanol–water partition coefficient (Wildman–Crippen LogP) is 5.33. The number of rotatable bonds is 8. The third-order valence-corrected chi connectivity index (χ3v) is 6.67. The van der Waals surface area contributed by atoms with Gasteiger partial charge in [-0.15, -0.1) is 0 Å². The van der Waals surface area contributed by atoms with Crippen LogP contribution >= 0.6 is 0 Å². The van der Waals surface area contributed by atoms with Gasteiger partial charge in [0.15, 0.2) is 0 Å². The van der Waals surface area contributed by atoms with E-state index in [9.17, 15) is 9.59 Å². The summed E-state index contributed by atoms with van der Waals surface area (Å²) in [7, 11) is 0. The van der Waals surface area contributed by atoms with E-state index in [2.05, 4.69) is 35.4 Å². The van der Waals surface area contributed by atoms with Gasteiger partial charge in [-0.05, 0) is 67.6 Å². The van der Waals surface area contributed by atoms with Gasteiger partial charge in [-0.3, -0.25) is 4.79 Å². The second kappa shape index (κ2) is 11.1. The zero-order valence-corrected chi connectivity index (χ0v) is 20.4. The molecule has 1 aliphatic rings.